The molecule has 2 aliphatic carbocycles. The summed E-state index contributed by atoms with van der Waals surface area (Å²) in [6.45, 7) is 1.81. The fraction of sp³-hybridized carbons (Fsp3) is 0.625. The largest absolute Gasteiger partial charge is 0.297 e. The van der Waals surface area contributed by atoms with Gasteiger partial charge in [0.1, 0.15) is 4.87 Å². The van der Waals surface area contributed by atoms with E-state index in [1.165, 1.54) is 0 Å². The lowest BCUT2D eigenvalue weighted by molar-refractivity contribution is -0.135. The van der Waals surface area contributed by atoms with Crippen LogP contribution >= 0.6 is 11.6 Å². The van der Waals surface area contributed by atoms with Crippen LogP contribution in [-0.2, 0) is 4.79 Å². The van der Waals surface area contributed by atoms with Gasteiger partial charge in [-0.2, -0.15) is 0 Å². The summed E-state index contributed by atoms with van der Waals surface area (Å²) in [5.74, 6) is 0.772. The van der Waals surface area contributed by atoms with Gasteiger partial charge in [0.05, 0.1) is 0 Å². The minimum absolute atomic E-state index is 0.225. The average molecular weight is 157 g/mol. The maximum Gasteiger partial charge on any atom is 0.158 e. The summed E-state index contributed by atoms with van der Waals surface area (Å²) in [6, 6.07) is 0. The van der Waals surface area contributed by atoms with Crippen LogP contribution in [0.5, 0.6) is 0 Å². The Balaban J connectivity index is 2.29. The number of hydrogen-bond acceptors (Lipinski definition) is 1. The summed E-state index contributed by atoms with van der Waals surface area (Å²) >= 11 is 5.96. The third kappa shape index (κ3) is 0.523. The van der Waals surface area contributed by atoms with Crippen molar-refractivity contribution in [3.05, 3.63) is 12.2 Å². The third-order valence-corrected chi connectivity index (χ3v) is 3.05. The highest BCUT2D eigenvalue weighted by molar-refractivity contribution is 6.38. The zero-order valence-corrected chi connectivity index (χ0v) is 6.56. The molecule has 1 nitrogen and oxygen atoms in total. The van der Waals surface area contributed by atoms with E-state index in [0.29, 0.717) is 5.92 Å². The molecule has 0 heterocycles. The monoisotopic (exact) mass is 156 g/mol. The van der Waals surface area contributed by atoms with Gasteiger partial charge in [-0.05, 0) is 13.3 Å². The van der Waals surface area contributed by atoms with Crippen molar-refractivity contribution in [2.24, 2.45) is 11.8 Å². The number of Topliss-reactive ketones (excluding diaryl/α,β-unsaturated/α-hetero) is 1. The van der Waals surface area contributed by atoms with Gasteiger partial charge in [-0.15, -0.1) is 11.6 Å². The molecule has 2 rings (SSSR count). The van der Waals surface area contributed by atoms with Crippen LogP contribution in [0.1, 0.15) is 13.3 Å². The van der Waals surface area contributed by atoms with E-state index >= 15 is 0 Å². The van der Waals surface area contributed by atoms with Gasteiger partial charge in [-0.3, -0.25) is 4.79 Å². The van der Waals surface area contributed by atoms with Crippen molar-refractivity contribution in [2.45, 2.75) is 18.2 Å². The second kappa shape index (κ2) is 1.65. The molecule has 0 N–H and O–H groups in total. The molecule has 0 aliphatic heterocycles. The maximum atomic E-state index is 11.2. The maximum absolute atomic E-state index is 11.2. The number of halogens is 1. The van der Waals surface area contributed by atoms with Gasteiger partial charge in [0.2, 0.25) is 0 Å². The van der Waals surface area contributed by atoms with Crippen LogP contribution in [0.4, 0.5) is 0 Å². The standard InChI is InChI=1S/C8H9ClO/c1-8(9)6-4-2-3-5(6)7(8)10/h2,4-6H,3H2,1H3/t5-,6+,8+/m0/s1. The smallest absolute Gasteiger partial charge is 0.158 e. The second-order valence-electron chi connectivity index (χ2n) is 3.24. The molecule has 54 valence electrons. The van der Waals surface area contributed by atoms with Crippen molar-refractivity contribution in [1.82, 2.24) is 0 Å². The zero-order valence-electron chi connectivity index (χ0n) is 5.80. The van der Waals surface area contributed by atoms with Crippen LogP contribution in [0.25, 0.3) is 0 Å². The Bertz CT molecular complexity index is 217. The number of hydrogen-bond donors (Lipinski definition) is 0. The molecule has 0 saturated heterocycles. The number of carbonyl (C=O) groups is 1. The summed E-state index contributed by atoms with van der Waals surface area (Å²) in [4.78, 5) is 10.6. The van der Waals surface area contributed by atoms with E-state index < -0.39 is 4.87 Å². The molecule has 3 atom stereocenters. The number of fused-ring (bicyclic) bond motifs is 1. The lowest BCUT2D eigenvalue weighted by Crippen LogP contribution is -2.55. The Morgan fingerprint density at radius 2 is 2.50 bits per heavy atom. The molecule has 0 bridgehead atoms. The highest BCUT2D eigenvalue weighted by Crippen LogP contribution is 2.50. The molecule has 2 heteroatoms. The Morgan fingerprint density at radius 3 is 3.10 bits per heavy atom. The number of rotatable bonds is 0. The van der Waals surface area contributed by atoms with Crippen LogP contribution in [0.3, 0.4) is 0 Å². The first-order chi connectivity index (χ1) is 4.64. The van der Waals surface area contributed by atoms with E-state index in [1.54, 1.807) is 0 Å². The van der Waals surface area contributed by atoms with E-state index in [1.807, 2.05) is 6.92 Å². The molecule has 10 heavy (non-hydrogen) atoms. The predicted octanol–water partition coefficient (Wildman–Crippen LogP) is 1.76. The first kappa shape index (κ1) is 6.41. The number of alkyl halides is 1. The van der Waals surface area contributed by atoms with Crippen molar-refractivity contribution < 1.29 is 4.79 Å². The normalized spacial score (nSPS) is 50.8. The molecule has 2 aliphatic rings. The summed E-state index contributed by atoms with van der Waals surface area (Å²) < 4.78 is 0. The van der Waals surface area contributed by atoms with Crippen LogP contribution < -0.4 is 0 Å². The topological polar surface area (TPSA) is 17.1 Å². The zero-order chi connectivity index (χ0) is 7.35. The van der Waals surface area contributed by atoms with E-state index in [9.17, 15) is 4.79 Å². The van der Waals surface area contributed by atoms with Crippen molar-refractivity contribution in [3.63, 3.8) is 0 Å². The number of allylic oxidation sites excluding steroid dienone is 2. The van der Waals surface area contributed by atoms with Gasteiger partial charge >= 0.3 is 0 Å². The first-order valence-electron chi connectivity index (χ1n) is 3.54. The Kier molecular flexibility index (Phi) is 1.06. The molecule has 0 aromatic heterocycles. The van der Waals surface area contributed by atoms with Crippen molar-refractivity contribution in [3.8, 4) is 0 Å². The molecule has 0 spiro atoms. The number of carbonyl (C=O) groups excluding carboxylic acids is 1. The fourth-order valence-corrected chi connectivity index (χ4v) is 2.28. The van der Waals surface area contributed by atoms with Crippen LogP contribution in [0, 0.1) is 11.8 Å². The third-order valence-electron chi connectivity index (χ3n) is 2.61. The molecule has 1 saturated carbocycles. The minimum Gasteiger partial charge on any atom is -0.297 e. The SMILES string of the molecule is C[C@]1(Cl)C(=O)[C@H]2CC=C[C@H]21. The summed E-state index contributed by atoms with van der Waals surface area (Å²) in [5.41, 5.74) is 0. The molecule has 0 amide bonds. The fourth-order valence-electron chi connectivity index (χ4n) is 1.91. The highest BCUT2D eigenvalue weighted by atomic mass is 35.5. The molecule has 0 aromatic rings. The van der Waals surface area contributed by atoms with Crippen LogP contribution in [0.2, 0.25) is 0 Å². The number of ketones is 1. The van der Waals surface area contributed by atoms with Gasteiger partial charge in [-0.25, -0.2) is 0 Å². The van der Waals surface area contributed by atoms with E-state index in [-0.39, 0.29) is 11.7 Å². The van der Waals surface area contributed by atoms with E-state index in [4.69, 9.17) is 11.6 Å². The van der Waals surface area contributed by atoms with Gasteiger partial charge < -0.3 is 0 Å². The highest BCUT2D eigenvalue weighted by Gasteiger charge is 2.57. The quantitative estimate of drug-likeness (QED) is 0.386. The summed E-state index contributed by atoms with van der Waals surface area (Å²) in [7, 11) is 0. The average Bonchev–Trinajstić information content (AvgIpc) is 2.31. The second-order valence-corrected chi connectivity index (χ2v) is 4.02. The lowest BCUT2D eigenvalue weighted by atomic mass is 9.65. The van der Waals surface area contributed by atoms with Crippen molar-refractivity contribution in [1.29, 1.82) is 0 Å². The molecular weight excluding hydrogens is 148 g/mol. The van der Waals surface area contributed by atoms with Crippen molar-refractivity contribution in [2.75, 3.05) is 0 Å². The van der Waals surface area contributed by atoms with Crippen LogP contribution in [0.15, 0.2) is 12.2 Å². The van der Waals surface area contributed by atoms with E-state index in [2.05, 4.69) is 12.2 Å². The molecule has 0 radical (unpaired) electrons. The van der Waals surface area contributed by atoms with Gasteiger partial charge in [0, 0.05) is 11.8 Å². The minimum atomic E-state index is -0.572. The predicted molar refractivity (Wildman–Crippen MR) is 40.0 cm³/mol. The van der Waals surface area contributed by atoms with Crippen LogP contribution in [-0.4, -0.2) is 10.7 Å². The molecule has 0 aromatic carbocycles. The van der Waals surface area contributed by atoms with Gasteiger partial charge in [0.25, 0.3) is 0 Å². The Hall–Kier alpha value is -0.300. The molecule has 0 unspecified atom stereocenters. The first-order valence-corrected chi connectivity index (χ1v) is 3.91. The van der Waals surface area contributed by atoms with E-state index in [0.717, 1.165) is 6.42 Å². The van der Waals surface area contributed by atoms with Gasteiger partial charge in [-0.1, -0.05) is 12.2 Å². The van der Waals surface area contributed by atoms with Gasteiger partial charge in [0.15, 0.2) is 5.78 Å². The summed E-state index contributed by atoms with van der Waals surface area (Å²) in [5, 5.41) is 0. The lowest BCUT2D eigenvalue weighted by Gasteiger charge is -2.43. The van der Waals surface area contributed by atoms with Crippen molar-refractivity contribution >= 4 is 17.4 Å². The molecular formula is C8H9ClO. The Labute approximate surface area is 65.1 Å². The molecule has 1 fully saturated rings. The summed E-state index contributed by atoms with van der Waals surface area (Å²) in [6.07, 6.45) is 5.03. The Morgan fingerprint density at radius 1 is 1.80 bits per heavy atom.